The van der Waals surface area contributed by atoms with Crippen molar-refractivity contribution in [2.45, 2.75) is 39.8 Å². The van der Waals surface area contributed by atoms with Gasteiger partial charge in [-0.3, -0.25) is 4.90 Å². The van der Waals surface area contributed by atoms with Gasteiger partial charge < -0.3 is 0 Å². The Kier molecular flexibility index (Phi) is 4.15. The molecule has 0 heterocycles. The van der Waals surface area contributed by atoms with Crippen LogP contribution in [0.2, 0.25) is 0 Å². The molecule has 1 rings (SSSR count). The van der Waals surface area contributed by atoms with Gasteiger partial charge in [0.25, 0.3) is 0 Å². The molecule has 0 amide bonds. The fourth-order valence-corrected chi connectivity index (χ4v) is 2.01. The van der Waals surface area contributed by atoms with Crippen LogP contribution in [-0.4, -0.2) is 17.5 Å². The van der Waals surface area contributed by atoms with Crippen molar-refractivity contribution in [3.63, 3.8) is 0 Å². The van der Waals surface area contributed by atoms with Gasteiger partial charge in [0.1, 0.15) is 0 Å². The summed E-state index contributed by atoms with van der Waals surface area (Å²) >= 11 is 0. The van der Waals surface area contributed by atoms with Crippen LogP contribution >= 0.6 is 0 Å². The van der Waals surface area contributed by atoms with E-state index in [1.165, 1.54) is 5.56 Å². The van der Waals surface area contributed by atoms with E-state index < -0.39 is 0 Å². The van der Waals surface area contributed by atoms with Crippen LogP contribution in [0.15, 0.2) is 30.3 Å². The highest BCUT2D eigenvalue weighted by atomic mass is 15.2. The van der Waals surface area contributed by atoms with E-state index in [1.807, 2.05) is 0 Å². The molecule has 0 aromatic heterocycles. The average molecular weight is 191 g/mol. The Labute approximate surface area is 87.7 Å². The van der Waals surface area contributed by atoms with E-state index in [1.54, 1.807) is 0 Å². The molecule has 1 unspecified atom stereocenters. The van der Waals surface area contributed by atoms with Gasteiger partial charge in [-0.05, 0) is 32.9 Å². The number of nitrogens with zero attached hydrogens (tertiary/aromatic N) is 1. The van der Waals surface area contributed by atoms with Crippen LogP contribution in [0.4, 0.5) is 0 Å². The van der Waals surface area contributed by atoms with Crippen molar-refractivity contribution < 1.29 is 0 Å². The van der Waals surface area contributed by atoms with Crippen molar-refractivity contribution >= 4 is 0 Å². The predicted molar refractivity (Wildman–Crippen MR) is 62.4 cm³/mol. The highest BCUT2D eigenvalue weighted by Gasteiger charge is 2.15. The van der Waals surface area contributed by atoms with Crippen molar-refractivity contribution in [3.05, 3.63) is 35.9 Å². The largest absolute Gasteiger partial charge is 0.294 e. The van der Waals surface area contributed by atoms with Gasteiger partial charge in [-0.2, -0.15) is 0 Å². The van der Waals surface area contributed by atoms with Gasteiger partial charge in [0.15, 0.2) is 0 Å². The second-order valence-electron chi connectivity index (χ2n) is 4.01. The summed E-state index contributed by atoms with van der Waals surface area (Å²) in [4.78, 5) is 2.50. The lowest BCUT2D eigenvalue weighted by molar-refractivity contribution is 0.174. The molecule has 1 aromatic rings. The van der Waals surface area contributed by atoms with E-state index in [0.717, 1.165) is 6.54 Å². The molecule has 0 bridgehead atoms. The Morgan fingerprint density at radius 2 is 1.64 bits per heavy atom. The summed E-state index contributed by atoms with van der Waals surface area (Å²) < 4.78 is 0. The fraction of sp³-hybridized carbons (Fsp3) is 0.538. The first kappa shape index (κ1) is 11.3. The van der Waals surface area contributed by atoms with Gasteiger partial charge in [-0.1, -0.05) is 37.3 Å². The number of hydrogen-bond acceptors (Lipinski definition) is 1. The SMILES string of the molecule is CCN(C(C)C)C(C)c1ccccc1. The molecule has 0 aliphatic rings. The fourth-order valence-electron chi connectivity index (χ4n) is 2.01. The summed E-state index contributed by atoms with van der Waals surface area (Å²) in [6, 6.07) is 11.8. The highest BCUT2D eigenvalue weighted by Crippen LogP contribution is 2.21. The standard InChI is InChI=1S/C13H21N/c1-5-14(11(2)3)12(4)13-9-7-6-8-10-13/h6-12H,5H2,1-4H3. The lowest BCUT2D eigenvalue weighted by atomic mass is 10.1. The molecule has 0 saturated heterocycles. The lowest BCUT2D eigenvalue weighted by Crippen LogP contribution is -2.33. The number of benzene rings is 1. The van der Waals surface area contributed by atoms with E-state index in [9.17, 15) is 0 Å². The maximum Gasteiger partial charge on any atom is 0.0322 e. The minimum atomic E-state index is 0.515. The molecule has 1 nitrogen and oxygen atoms in total. The Bertz CT molecular complexity index is 253. The Hall–Kier alpha value is -0.820. The molecule has 0 radical (unpaired) electrons. The first-order valence-corrected chi connectivity index (χ1v) is 5.47. The Balaban J connectivity index is 2.78. The minimum absolute atomic E-state index is 0.515. The van der Waals surface area contributed by atoms with Gasteiger partial charge >= 0.3 is 0 Å². The van der Waals surface area contributed by atoms with Gasteiger partial charge in [0.2, 0.25) is 0 Å². The summed E-state index contributed by atoms with van der Waals surface area (Å²) in [5, 5.41) is 0. The van der Waals surface area contributed by atoms with Gasteiger partial charge in [0, 0.05) is 12.1 Å². The van der Waals surface area contributed by atoms with Crippen LogP contribution in [0.25, 0.3) is 0 Å². The summed E-state index contributed by atoms with van der Waals surface area (Å²) in [6.07, 6.45) is 0. The zero-order chi connectivity index (χ0) is 10.6. The third-order valence-corrected chi connectivity index (χ3v) is 2.81. The molecule has 1 atom stereocenters. The smallest absolute Gasteiger partial charge is 0.0322 e. The second kappa shape index (κ2) is 5.16. The van der Waals surface area contributed by atoms with Crippen LogP contribution in [0, 0.1) is 0 Å². The first-order valence-electron chi connectivity index (χ1n) is 5.47. The third kappa shape index (κ3) is 2.58. The van der Waals surface area contributed by atoms with Crippen LogP contribution in [0.5, 0.6) is 0 Å². The molecule has 0 aliphatic carbocycles. The van der Waals surface area contributed by atoms with Crippen LogP contribution in [0.3, 0.4) is 0 Å². The lowest BCUT2D eigenvalue weighted by Gasteiger charge is -2.31. The molecular weight excluding hydrogens is 170 g/mol. The van der Waals surface area contributed by atoms with E-state index in [0.29, 0.717) is 12.1 Å². The van der Waals surface area contributed by atoms with E-state index in [2.05, 4.69) is 62.9 Å². The molecule has 0 saturated carbocycles. The van der Waals surface area contributed by atoms with Crippen molar-refractivity contribution in [2.75, 3.05) is 6.54 Å². The molecule has 0 N–H and O–H groups in total. The highest BCUT2D eigenvalue weighted by molar-refractivity contribution is 5.18. The maximum atomic E-state index is 2.50. The minimum Gasteiger partial charge on any atom is -0.294 e. The summed E-state index contributed by atoms with van der Waals surface area (Å²) in [5.74, 6) is 0. The normalized spacial score (nSPS) is 13.6. The van der Waals surface area contributed by atoms with E-state index in [-0.39, 0.29) is 0 Å². The predicted octanol–water partition coefficient (Wildman–Crippen LogP) is 3.48. The molecule has 14 heavy (non-hydrogen) atoms. The monoisotopic (exact) mass is 191 g/mol. The Morgan fingerprint density at radius 3 is 2.07 bits per heavy atom. The molecule has 0 aliphatic heterocycles. The number of hydrogen-bond donors (Lipinski definition) is 0. The molecule has 1 heteroatoms. The van der Waals surface area contributed by atoms with Crippen molar-refractivity contribution in [3.8, 4) is 0 Å². The zero-order valence-corrected chi connectivity index (χ0v) is 9.70. The van der Waals surface area contributed by atoms with Crippen molar-refractivity contribution in [2.24, 2.45) is 0 Å². The quantitative estimate of drug-likeness (QED) is 0.704. The van der Waals surface area contributed by atoms with Gasteiger partial charge in [0.05, 0.1) is 0 Å². The zero-order valence-electron chi connectivity index (χ0n) is 9.70. The van der Waals surface area contributed by atoms with Crippen molar-refractivity contribution in [1.82, 2.24) is 4.90 Å². The van der Waals surface area contributed by atoms with Crippen LogP contribution in [-0.2, 0) is 0 Å². The molecular formula is C13H21N. The summed E-state index contributed by atoms with van der Waals surface area (Å²) in [5.41, 5.74) is 1.41. The average Bonchev–Trinajstić information content (AvgIpc) is 2.19. The Morgan fingerprint density at radius 1 is 1.07 bits per heavy atom. The first-order chi connectivity index (χ1) is 6.66. The topological polar surface area (TPSA) is 3.24 Å². The third-order valence-electron chi connectivity index (χ3n) is 2.81. The molecule has 78 valence electrons. The van der Waals surface area contributed by atoms with Crippen LogP contribution < -0.4 is 0 Å². The van der Waals surface area contributed by atoms with Crippen LogP contribution in [0.1, 0.15) is 39.3 Å². The maximum absolute atomic E-state index is 2.50. The van der Waals surface area contributed by atoms with E-state index >= 15 is 0 Å². The number of rotatable bonds is 4. The van der Waals surface area contributed by atoms with Crippen molar-refractivity contribution in [1.29, 1.82) is 0 Å². The summed E-state index contributed by atoms with van der Waals surface area (Å²) in [6.45, 7) is 10.1. The second-order valence-corrected chi connectivity index (χ2v) is 4.01. The molecule has 0 spiro atoms. The molecule has 0 fully saturated rings. The van der Waals surface area contributed by atoms with Gasteiger partial charge in [-0.25, -0.2) is 0 Å². The van der Waals surface area contributed by atoms with Gasteiger partial charge in [-0.15, -0.1) is 0 Å². The van der Waals surface area contributed by atoms with E-state index in [4.69, 9.17) is 0 Å². The summed E-state index contributed by atoms with van der Waals surface area (Å²) in [7, 11) is 0. The molecule has 1 aromatic carbocycles.